The Morgan fingerprint density at radius 3 is 2.70 bits per heavy atom. The molecule has 0 aliphatic rings. The van der Waals surface area contributed by atoms with Gasteiger partial charge in [0.15, 0.2) is 5.16 Å². The van der Waals surface area contributed by atoms with Crippen LogP contribution >= 0.6 is 11.8 Å². The van der Waals surface area contributed by atoms with Crippen molar-refractivity contribution in [2.24, 2.45) is 0 Å². The molecule has 3 aromatic carbocycles. The van der Waals surface area contributed by atoms with Gasteiger partial charge < -0.3 is 19.6 Å². The normalized spacial score (nSPS) is 12.4. The number of aromatic nitrogens is 2. The summed E-state index contributed by atoms with van der Waals surface area (Å²) in [6.07, 6.45) is -0.593. The molecule has 1 aromatic heterocycles. The molecule has 0 fully saturated rings. The SMILES string of the molecule is COc1ccc2nc(SC[C@H](O)COc3ccc4ccccc4c3)[nH]c2c1. The van der Waals surface area contributed by atoms with E-state index in [0.717, 1.165) is 33.1 Å². The number of hydrogen-bond donors (Lipinski definition) is 2. The topological polar surface area (TPSA) is 67.4 Å². The summed E-state index contributed by atoms with van der Waals surface area (Å²) < 4.78 is 11.0. The number of nitrogens with zero attached hydrogens (tertiary/aromatic N) is 1. The van der Waals surface area contributed by atoms with Crippen LogP contribution in [0.2, 0.25) is 0 Å². The fourth-order valence-corrected chi connectivity index (χ4v) is 3.63. The largest absolute Gasteiger partial charge is 0.497 e. The maximum atomic E-state index is 10.2. The fourth-order valence-electron chi connectivity index (χ4n) is 2.83. The molecule has 4 rings (SSSR count). The number of rotatable bonds is 7. The molecule has 2 N–H and O–H groups in total. The van der Waals surface area contributed by atoms with E-state index in [9.17, 15) is 5.11 Å². The van der Waals surface area contributed by atoms with Crippen molar-refractivity contribution in [1.82, 2.24) is 9.97 Å². The molecule has 1 heterocycles. The Bertz CT molecular complexity index is 1060. The predicted octanol–water partition coefficient (Wildman–Crippen LogP) is 4.26. The number of benzene rings is 3. The number of hydrogen-bond acceptors (Lipinski definition) is 5. The van der Waals surface area contributed by atoms with Crippen molar-refractivity contribution in [3.05, 3.63) is 60.7 Å². The maximum absolute atomic E-state index is 10.2. The molecular weight excluding hydrogens is 360 g/mol. The Hall–Kier alpha value is -2.70. The molecule has 0 radical (unpaired) electrons. The Balaban J connectivity index is 1.33. The van der Waals surface area contributed by atoms with Crippen LogP contribution in [0.15, 0.2) is 65.8 Å². The van der Waals surface area contributed by atoms with Crippen molar-refractivity contribution in [3.63, 3.8) is 0 Å². The average Bonchev–Trinajstić information content (AvgIpc) is 3.12. The highest BCUT2D eigenvalue weighted by atomic mass is 32.2. The summed E-state index contributed by atoms with van der Waals surface area (Å²) in [5.74, 6) is 2.03. The van der Waals surface area contributed by atoms with Crippen LogP contribution in [0.1, 0.15) is 0 Å². The third-order valence-corrected chi connectivity index (χ3v) is 5.26. The summed E-state index contributed by atoms with van der Waals surface area (Å²) in [6, 6.07) is 19.8. The average molecular weight is 380 g/mol. The maximum Gasteiger partial charge on any atom is 0.166 e. The fraction of sp³-hybridized carbons (Fsp3) is 0.190. The third kappa shape index (κ3) is 4.18. The van der Waals surface area contributed by atoms with E-state index in [1.165, 1.54) is 17.1 Å². The minimum atomic E-state index is -0.593. The van der Waals surface area contributed by atoms with Crippen LogP contribution in [-0.4, -0.2) is 40.6 Å². The number of thioether (sulfide) groups is 1. The van der Waals surface area contributed by atoms with Crippen molar-refractivity contribution in [3.8, 4) is 11.5 Å². The lowest BCUT2D eigenvalue weighted by molar-refractivity contribution is 0.126. The van der Waals surface area contributed by atoms with Gasteiger partial charge in [0, 0.05) is 11.8 Å². The highest BCUT2D eigenvalue weighted by Gasteiger charge is 2.10. The zero-order valence-corrected chi connectivity index (χ0v) is 15.7. The van der Waals surface area contributed by atoms with Gasteiger partial charge >= 0.3 is 0 Å². The van der Waals surface area contributed by atoms with Crippen LogP contribution in [-0.2, 0) is 0 Å². The van der Waals surface area contributed by atoms with Gasteiger partial charge in [-0.25, -0.2) is 4.98 Å². The second-order valence-corrected chi connectivity index (χ2v) is 7.22. The molecule has 0 bridgehead atoms. The van der Waals surface area contributed by atoms with E-state index in [2.05, 4.69) is 16.0 Å². The molecule has 1 atom stereocenters. The van der Waals surface area contributed by atoms with Gasteiger partial charge in [0.05, 0.1) is 24.2 Å². The number of ether oxygens (including phenoxy) is 2. The van der Waals surface area contributed by atoms with Gasteiger partial charge in [-0.15, -0.1) is 0 Å². The molecule has 0 aliphatic carbocycles. The van der Waals surface area contributed by atoms with E-state index >= 15 is 0 Å². The van der Waals surface area contributed by atoms with E-state index < -0.39 is 6.10 Å². The molecule has 27 heavy (non-hydrogen) atoms. The minimum absolute atomic E-state index is 0.236. The summed E-state index contributed by atoms with van der Waals surface area (Å²) in [6.45, 7) is 0.236. The van der Waals surface area contributed by atoms with E-state index in [1.807, 2.05) is 54.6 Å². The lowest BCUT2D eigenvalue weighted by Crippen LogP contribution is -2.20. The van der Waals surface area contributed by atoms with Crippen molar-refractivity contribution in [1.29, 1.82) is 0 Å². The number of aromatic amines is 1. The molecule has 138 valence electrons. The molecule has 0 amide bonds. The highest BCUT2D eigenvalue weighted by Crippen LogP contribution is 2.24. The Morgan fingerprint density at radius 2 is 1.85 bits per heavy atom. The number of fused-ring (bicyclic) bond motifs is 2. The predicted molar refractivity (Wildman–Crippen MR) is 109 cm³/mol. The zero-order valence-electron chi connectivity index (χ0n) is 14.9. The summed E-state index contributed by atoms with van der Waals surface area (Å²) in [4.78, 5) is 7.75. The molecule has 4 aromatic rings. The standard InChI is InChI=1S/C21H20N2O3S/c1-25-17-8-9-19-20(11-17)23-21(22-19)27-13-16(24)12-26-18-7-6-14-4-2-3-5-15(14)10-18/h2-11,16,24H,12-13H2,1H3,(H,22,23)/t16-/m1/s1. The third-order valence-electron chi connectivity index (χ3n) is 4.24. The first-order valence-electron chi connectivity index (χ1n) is 8.67. The summed E-state index contributed by atoms with van der Waals surface area (Å²) >= 11 is 1.47. The van der Waals surface area contributed by atoms with Gasteiger partial charge in [-0.05, 0) is 35.0 Å². The lowest BCUT2D eigenvalue weighted by Gasteiger charge is -2.12. The monoisotopic (exact) mass is 380 g/mol. The van der Waals surface area contributed by atoms with E-state index in [4.69, 9.17) is 9.47 Å². The number of imidazole rings is 1. The second-order valence-electron chi connectivity index (χ2n) is 6.21. The quantitative estimate of drug-likeness (QED) is 0.469. The first-order valence-corrected chi connectivity index (χ1v) is 9.66. The summed E-state index contributed by atoms with van der Waals surface area (Å²) in [7, 11) is 1.64. The zero-order chi connectivity index (χ0) is 18.6. The van der Waals surface area contributed by atoms with Crippen molar-refractivity contribution in [2.45, 2.75) is 11.3 Å². The Labute approximate surface area is 161 Å². The molecular formula is C21H20N2O3S. The van der Waals surface area contributed by atoms with Gasteiger partial charge in [-0.1, -0.05) is 42.1 Å². The second kappa shape index (κ2) is 7.90. The number of aliphatic hydroxyl groups is 1. The van der Waals surface area contributed by atoms with Crippen LogP contribution in [0.25, 0.3) is 21.8 Å². The highest BCUT2D eigenvalue weighted by molar-refractivity contribution is 7.99. The van der Waals surface area contributed by atoms with E-state index in [0.29, 0.717) is 5.75 Å². The van der Waals surface area contributed by atoms with Crippen LogP contribution in [0, 0.1) is 0 Å². The Morgan fingerprint density at radius 1 is 1.04 bits per heavy atom. The van der Waals surface area contributed by atoms with E-state index in [1.54, 1.807) is 7.11 Å². The van der Waals surface area contributed by atoms with Crippen molar-refractivity contribution >= 4 is 33.6 Å². The van der Waals surface area contributed by atoms with E-state index in [-0.39, 0.29) is 6.61 Å². The number of H-pyrrole nitrogens is 1. The minimum Gasteiger partial charge on any atom is -0.497 e. The number of aliphatic hydroxyl groups excluding tert-OH is 1. The first kappa shape index (κ1) is 17.7. The van der Waals surface area contributed by atoms with Gasteiger partial charge in [-0.2, -0.15) is 0 Å². The molecule has 0 aliphatic heterocycles. The van der Waals surface area contributed by atoms with Gasteiger partial charge in [0.25, 0.3) is 0 Å². The molecule has 0 spiro atoms. The molecule has 5 nitrogen and oxygen atoms in total. The summed E-state index contributed by atoms with van der Waals surface area (Å²) in [5.41, 5.74) is 1.79. The molecule has 0 saturated heterocycles. The number of methoxy groups -OCH3 is 1. The molecule has 6 heteroatoms. The molecule has 0 saturated carbocycles. The van der Waals surface area contributed by atoms with Crippen LogP contribution < -0.4 is 9.47 Å². The van der Waals surface area contributed by atoms with Gasteiger partial charge in [-0.3, -0.25) is 0 Å². The van der Waals surface area contributed by atoms with Crippen LogP contribution in [0.3, 0.4) is 0 Å². The van der Waals surface area contributed by atoms with Gasteiger partial charge in [0.1, 0.15) is 18.1 Å². The first-order chi connectivity index (χ1) is 13.2. The van der Waals surface area contributed by atoms with Crippen LogP contribution in [0.4, 0.5) is 0 Å². The Kier molecular flexibility index (Phi) is 5.18. The van der Waals surface area contributed by atoms with Crippen LogP contribution in [0.5, 0.6) is 11.5 Å². The smallest absolute Gasteiger partial charge is 0.166 e. The lowest BCUT2D eigenvalue weighted by atomic mass is 10.1. The number of nitrogens with one attached hydrogen (secondary N) is 1. The van der Waals surface area contributed by atoms with Gasteiger partial charge in [0.2, 0.25) is 0 Å². The van der Waals surface area contributed by atoms with Crippen molar-refractivity contribution < 1.29 is 14.6 Å². The summed E-state index contributed by atoms with van der Waals surface area (Å²) in [5, 5.41) is 13.3. The molecule has 0 unspecified atom stereocenters. The van der Waals surface area contributed by atoms with Crippen molar-refractivity contribution in [2.75, 3.05) is 19.5 Å².